The molecule has 42 heavy (non-hydrogen) atoms. The molecule has 5 aromatic rings. The molecule has 0 fully saturated rings. The fourth-order valence-corrected chi connectivity index (χ4v) is 5.67. The Kier molecular flexibility index (Phi) is 8.53. The predicted octanol–water partition coefficient (Wildman–Crippen LogP) is 6.83. The lowest BCUT2D eigenvalue weighted by Gasteiger charge is -2.20. The van der Waals surface area contributed by atoms with Gasteiger partial charge in [-0.1, -0.05) is 41.6 Å². The molecular weight excluding hydrogens is 557 g/mol. The number of anilines is 2. The highest BCUT2D eigenvalue weighted by molar-refractivity contribution is 7.92. The molecule has 0 aliphatic rings. The maximum Gasteiger partial charge on any atom is 0.263 e. The lowest BCUT2D eigenvalue weighted by molar-refractivity contribution is -0.119. The van der Waals surface area contributed by atoms with Crippen LogP contribution in [0.1, 0.15) is 35.8 Å². The van der Waals surface area contributed by atoms with Gasteiger partial charge in [0, 0.05) is 24.6 Å². The van der Waals surface area contributed by atoms with Gasteiger partial charge < -0.3 is 14.6 Å². The number of aryl methyl sites for hydroxylation is 2. The summed E-state index contributed by atoms with van der Waals surface area (Å²) in [6, 6.07) is 25.1. The van der Waals surface area contributed by atoms with Gasteiger partial charge in [0.1, 0.15) is 23.1 Å². The summed E-state index contributed by atoms with van der Waals surface area (Å²) in [6.07, 6.45) is 1.02. The molecule has 1 aromatic heterocycles. The van der Waals surface area contributed by atoms with Crippen LogP contribution >= 0.6 is 0 Å². The quantitative estimate of drug-likeness (QED) is 0.165. The number of hydrogen-bond donors (Lipinski definition) is 2. The molecular formula is C32H30FN3O5S. The molecule has 2 N–H and O–H groups in total. The van der Waals surface area contributed by atoms with E-state index < -0.39 is 21.9 Å². The van der Waals surface area contributed by atoms with Gasteiger partial charge in [-0.15, -0.1) is 0 Å². The number of Topliss-reactive ketones (excluding diaryl/α,β-unsaturated/α-hetero) is 1. The van der Waals surface area contributed by atoms with Crippen LogP contribution in [-0.4, -0.2) is 26.5 Å². The van der Waals surface area contributed by atoms with Crippen LogP contribution in [0.25, 0.3) is 10.8 Å². The van der Waals surface area contributed by atoms with Crippen molar-refractivity contribution >= 4 is 38.1 Å². The Morgan fingerprint density at radius 3 is 2.45 bits per heavy atom. The number of hydrogen-bond acceptors (Lipinski definition) is 7. The molecule has 0 bridgehead atoms. The van der Waals surface area contributed by atoms with E-state index in [2.05, 4.69) is 21.3 Å². The monoisotopic (exact) mass is 587 g/mol. The Morgan fingerprint density at radius 2 is 1.74 bits per heavy atom. The largest absolute Gasteiger partial charge is 0.497 e. The van der Waals surface area contributed by atoms with Gasteiger partial charge in [-0.25, -0.2) is 12.8 Å². The molecule has 1 heterocycles. The number of rotatable bonds is 12. The van der Waals surface area contributed by atoms with Crippen molar-refractivity contribution in [3.05, 3.63) is 114 Å². The first kappa shape index (κ1) is 28.8. The van der Waals surface area contributed by atoms with Crippen molar-refractivity contribution in [2.45, 2.75) is 37.1 Å². The third-order valence-electron chi connectivity index (χ3n) is 6.86. The number of halogens is 1. The van der Waals surface area contributed by atoms with Gasteiger partial charge in [-0.05, 0) is 83.8 Å². The van der Waals surface area contributed by atoms with Crippen molar-refractivity contribution in [1.29, 1.82) is 0 Å². The first-order chi connectivity index (χ1) is 20.2. The molecule has 10 heteroatoms. The van der Waals surface area contributed by atoms with Crippen LogP contribution in [0.4, 0.5) is 15.9 Å². The standard InChI is InChI=1S/C32H30FN3O5S/c1-21-16-32(35-41-21)36-42(38,39)30-14-10-27(11-15-30)34-31(25-4-3-5-26(33)18-25)20-28(37)12-7-22-6-8-24-19-29(40-2)13-9-23(24)17-22/h3-6,8-11,13-19,31,34H,7,12,20H2,1-2H3,(H,35,36). The average Bonchev–Trinajstić information content (AvgIpc) is 3.39. The van der Waals surface area contributed by atoms with Crippen LogP contribution in [0.15, 0.2) is 100 Å². The van der Waals surface area contributed by atoms with Crippen molar-refractivity contribution in [2.24, 2.45) is 0 Å². The Hall–Kier alpha value is -4.70. The summed E-state index contributed by atoms with van der Waals surface area (Å²) in [5.74, 6) is 0.954. The number of nitrogens with one attached hydrogen (secondary N) is 2. The van der Waals surface area contributed by atoms with E-state index in [1.54, 1.807) is 38.3 Å². The van der Waals surface area contributed by atoms with Crippen molar-refractivity contribution in [2.75, 3.05) is 17.1 Å². The summed E-state index contributed by atoms with van der Waals surface area (Å²) >= 11 is 0. The SMILES string of the molecule is COc1ccc2cc(CCC(=O)CC(Nc3ccc(S(=O)(=O)Nc4cc(C)on4)cc3)c3cccc(F)c3)ccc2c1. The molecule has 0 amide bonds. The van der Waals surface area contributed by atoms with Gasteiger partial charge >= 0.3 is 0 Å². The first-order valence-corrected chi connectivity index (χ1v) is 14.8. The van der Waals surface area contributed by atoms with Crippen LogP contribution in [-0.2, 0) is 21.2 Å². The number of aromatic nitrogens is 1. The van der Waals surface area contributed by atoms with Crippen LogP contribution in [0.2, 0.25) is 0 Å². The summed E-state index contributed by atoms with van der Waals surface area (Å²) in [5.41, 5.74) is 2.24. The maximum absolute atomic E-state index is 14.1. The van der Waals surface area contributed by atoms with E-state index in [-0.39, 0.29) is 22.9 Å². The third-order valence-corrected chi connectivity index (χ3v) is 8.23. The van der Waals surface area contributed by atoms with E-state index in [0.717, 1.165) is 22.1 Å². The highest BCUT2D eigenvalue weighted by Gasteiger charge is 2.19. The molecule has 4 aromatic carbocycles. The first-order valence-electron chi connectivity index (χ1n) is 13.3. The Bertz CT molecular complexity index is 1820. The number of fused-ring (bicyclic) bond motifs is 1. The minimum atomic E-state index is -3.88. The second-order valence-corrected chi connectivity index (χ2v) is 11.7. The summed E-state index contributed by atoms with van der Waals surface area (Å²) < 4.78 is 52.1. The van der Waals surface area contributed by atoms with Crippen LogP contribution in [0.3, 0.4) is 0 Å². The molecule has 0 spiro atoms. The van der Waals surface area contributed by atoms with Crippen LogP contribution in [0, 0.1) is 12.7 Å². The fraction of sp³-hybridized carbons (Fsp3) is 0.188. The van der Waals surface area contributed by atoms with Crippen molar-refractivity contribution in [3.8, 4) is 5.75 Å². The minimum absolute atomic E-state index is 0.0119. The van der Waals surface area contributed by atoms with Gasteiger partial charge in [0.25, 0.3) is 10.0 Å². The molecule has 5 rings (SSSR count). The molecule has 0 saturated heterocycles. The molecule has 216 valence electrons. The summed E-state index contributed by atoms with van der Waals surface area (Å²) in [7, 11) is -2.25. The zero-order chi connectivity index (χ0) is 29.7. The normalized spacial score (nSPS) is 12.2. The van der Waals surface area contributed by atoms with E-state index in [1.807, 2.05) is 30.3 Å². The van der Waals surface area contributed by atoms with Gasteiger partial charge in [-0.3, -0.25) is 9.52 Å². The number of carbonyl (C=O) groups is 1. The van der Waals surface area contributed by atoms with E-state index in [4.69, 9.17) is 9.26 Å². The zero-order valence-corrected chi connectivity index (χ0v) is 24.0. The average molecular weight is 588 g/mol. The topological polar surface area (TPSA) is 111 Å². The van der Waals surface area contributed by atoms with E-state index in [9.17, 15) is 17.6 Å². The lowest BCUT2D eigenvalue weighted by atomic mass is 9.97. The maximum atomic E-state index is 14.1. The predicted molar refractivity (Wildman–Crippen MR) is 160 cm³/mol. The zero-order valence-electron chi connectivity index (χ0n) is 23.1. The summed E-state index contributed by atoms with van der Waals surface area (Å²) in [5, 5.41) is 9.06. The Balaban J connectivity index is 1.27. The highest BCUT2D eigenvalue weighted by Crippen LogP contribution is 2.27. The Labute approximate surface area is 243 Å². The fourth-order valence-electron chi connectivity index (χ4n) is 4.69. The van der Waals surface area contributed by atoms with Crippen molar-refractivity contribution in [3.63, 3.8) is 0 Å². The van der Waals surface area contributed by atoms with Crippen LogP contribution in [0.5, 0.6) is 5.75 Å². The van der Waals surface area contributed by atoms with E-state index in [0.29, 0.717) is 29.9 Å². The number of ketones is 1. The molecule has 1 atom stereocenters. The number of carbonyl (C=O) groups excluding carboxylic acids is 1. The second-order valence-electron chi connectivity index (χ2n) is 9.99. The molecule has 0 aliphatic carbocycles. The third kappa shape index (κ3) is 7.13. The van der Waals surface area contributed by atoms with E-state index >= 15 is 0 Å². The van der Waals surface area contributed by atoms with E-state index in [1.165, 1.54) is 30.3 Å². The molecule has 1 unspecified atom stereocenters. The highest BCUT2D eigenvalue weighted by atomic mass is 32.2. The minimum Gasteiger partial charge on any atom is -0.497 e. The van der Waals surface area contributed by atoms with Crippen molar-refractivity contribution < 1.29 is 26.9 Å². The lowest BCUT2D eigenvalue weighted by Crippen LogP contribution is -2.17. The number of nitrogens with zero attached hydrogens (tertiary/aromatic N) is 1. The van der Waals surface area contributed by atoms with Gasteiger partial charge in [-0.2, -0.15) is 0 Å². The number of sulfonamides is 1. The van der Waals surface area contributed by atoms with Crippen LogP contribution < -0.4 is 14.8 Å². The van der Waals surface area contributed by atoms with Gasteiger partial charge in [0.2, 0.25) is 0 Å². The number of benzene rings is 4. The second kappa shape index (κ2) is 12.4. The smallest absolute Gasteiger partial charge is 0.263 e. The number of ether oxygens (including phenoxy) is 1. The molecule has 0 radical (unpaired) electrons. The molecule has 0 aliphatic heterocycles. The summed E-state index contributed by atoms with van der Waals surface area (Å²) in [4.78, 5) is 13.2. The summed E-state index contributed by atoms with van der Waals surface area (Å²) in [6.45, 7) is 1.66. The number of methoxy groups -OCH3 is 1. The molecule has 8 nitrogen and oxygen atoms in total. The van der Waals surface area contributed by atoms with Crippen molar-refractivity contribution in [1.82, 2.24) is 5.16 Å². The van der Waals surface area contributed by atoms with Gasteiger partial charge in [0.05, 0.1) is 18.0 Å². The molecule has 0 saturated carbocycles. The Morgan fingerprint density at radius 1 is 0.976 bits per heavy atom. The van der Waals surface area contributed by atoms with Gasteiger partial charge in [0.15, 0.2) is 5.82 Å².